The summed E-state index contributed by atoms with van der Waals surface area (Å²) in [5, 5.41) is 5.35. The molecule has 1 atom stereocenters. The number of benzene rings is 1. The molecule has 1 aromatic carbocycles. The number of methoxy groups -OCH3 is 3. The van der Waals surface area contributed by atoms with Gasteiger partial charge in [-0.3, -0.25) is 9.59 Å². The molecule has 1 unspecified atom stereocenters. The zero-order chi connectivity index (χ0) is 15.4. The van der Waals surface area contributed by atoms with E-state index in [1.807, 2.05) is 0 Å². The summed E-state index contributed by atoms with van der Waals surface area (Å²) in [4.78, 5) is 23.2. The highest BCUT2D eigenvalue weighted by Crippen LogP contribution is 2.39. The molecule has 0 aliphatic carbocycles. The van der Waals surface area contributed by atoms with Gasteiger partial charge in [0.2, 0.25) is 17.6 Å². The molecule has 7 nitrogen and oxygen atoms in total. The van der Waals surface area contributed by atoms with Crippen LogP contribution in [0.5, 0.6) is 17.2 Å². The summed E-state index contributed by atoms with van der Waals surface area (Å²) in [5.41, 5.74) is 0.510. The number of carbonyl (C=O) groups is 2. The molecule has 2 rings (SSSR count). The highest BCUT2D eigenvalue weighted by atomic mass is 16.5. The van der Waals surface area contributed by atoms with Crippen LogP contribution in [0.4, 0.5) is 5.69 Å². The first-order valence-corrected chi connectivity index (χ1v) is 6.49. The van der Waals surface area contributed by atoms with Crippen LogP contribution in [0.2, 0.25) is 0 Å². The van der Waals surface area contributed by atoms with Gasteiger partial charge in [-0.05, 0) is 6.42 Å². The molecule has 1 aromatic rings. The third-order valence-electron chi connectivity index (χ3n) is 3.24. The lowest BCUT2D eigenvalue weighted by molar-refractivity contribution is -0.122. The Morgan fingerprint density at radius 1 is 1.19 bits per heavy atom. The summed E-state index contributed by atoms with van der Waals surface area (Å²) in [6.45, 7) is 0. The number of ether oxygens (including phenoxy) is 3. The second kappa shape index (κ2) is 6.34. The van der Waals surface area contributed by atoms with Gasteiger partial charge in [0.25, 0.3) is 0 Å². The molecule has 0 aromatic heterocycles. The molecule has 0 spiro atoms. The molecule has 1 fully saturated rings. The van der Waals surface area contributed by atoms with Crippen molar-refractivity contribution in [1.29, 1.82) is 0 Å². The molecule has 0 radical (unpaired) electrons. The molecule has 1 aliphatic heterocycles. The van der Waals surface area contributed by atoms with E-state index in [9.17, 15) is 9.59 Å². The van der Waals surface area contributed by atoms with E-state index >= 15 is 0 Å². The van der Waals surface area contributed by atoms with Crippen molar-refractivity contribution in [3.8, 4) is 17.2 Å². The van der Waals surface area contributed by atoms with E-state index in [1.54, 1.807) is 12.1 Å². The van der Waals surface area contributed by atoms with Crippen molar-refractivity contribution in [2.45, 2.75) is 18.9 Å². The lowest BCUT2D eigenvalue weighted by Gasteiger charge is -2.16. The maximum absolute atomic E-state index is 12.1. The van der Waals surface area contributed by atoms with E-state index in [2.05, 4.69) is 10.6 Å². The van der Waals surface area contributed by atoms with Gasteiger partial charge in [-0.15, -0.1) is 0 Å². The third-order valence-corrected chi connectivity index (χ3v) is 3.24. The molecule has 21 heavy (non-hydrogen) atoms. The minimum Gasteiger partial charge on any atom is -0.493 e. The molecule has 0 saturated carbocycles. The Labute approximate surface area is 122 Å². The Balaban J connectivity index is 2.20. The number of anilines is 1. The van der Waals surface area contributed by atoms with Crippen molar-refractivity contribution in [3.63, 3.8) is 0 Å². The van der Waals surface area contributed by atoms with Crippen LogP contribution in [0.25, 0.3) is 0 Å². The summed E-state index contributed by atoms with van der Waals surface area (Å²) in [6.07, 6.45) is 0.864. The highest BCUT2D eigenvalue weighted by molar-refractivity contribution is 5.99. The van der Waals surface area contributed by atoms with E-state index in [4.69, 9.17) is 14.2 Å². The molecule has 1 aliphatic rings. The predicted octanol–water partition coefficient (Wildman–Crippen LogP) is 0.929. The average Bonchev–Trinajstić information content (AvgIpc) is 2.92. The molecule has 2 N–H and O–H groups in total. The fourth-order valence-corrected chi connectivity index (χ4v) is 2.19. The van der Waals surface area contributed by atoms with Crippen LogP contribution in [0, 0.1) is 0 Å². The Morgan fingerprint density at radius 2 is 1.81 bits per heavy atom. The Bertz CT molecular complexity index is 533. The molecular formula is C14H18N2O5. The largest absolute Gasteiger partial charge is 0.493 e. The normalized spacial score (nSPS) is 17.1. The highest BCUT2D eigenvalue weighted by Gasteiger charge is 2.27. The van der Waals surface area contributed by atoms with Gasteiger partial charge in [-0.1, -0.05) is 0 Å². The van der Waals surface area contributed by atoms with Gasteiger partial charge in [-0.25, -0.2) is 0 Å². The minimum atomic E-state index is -0.503. The zero-order valence-corrected chi connectivity index (χ0v) is 12.2. The SMILES string of the molecule is COc1cc(NC(=O)C2CCC(=O)N2)cc(OC)c1OC. The minimum absolute atomic E-state index is 0.111. The zero-order valence-electron chi connectivity index (χ0n) is 12.2. The topological polar surface area (TPSA) is 85.9 Å². The van der Waals surface area contributed by atoms with Crippen molar-refractivity contribution >= 4 is 17.5 Å². The quantitative estimate of drug-likeness (QED) is 0.843. The second-order valence-electron chi connectivity index (χ2n) is 4.56. The Morgan fingerprint density at radius 3 is 2.24 bits per heavy atom. The van der Waals surface area contributed by atoms with E-state index in [1.165, 1.54) is 21.3 Å². The third kappa shape index (κ3) is 3.18. The molecule has 0 bridgehead atoms. The van der Waals surface area contributed by atoms with Gasteiger partial charge in [0.15, 0.2) is 11.5 Å². The van der Waals surface area contributed by atoms with Crippen LogP contribution in [-0.4, -0.2) is 39.2 Å². The van der Waals surface area contributed by atoms with Crippen LogP contribution >= 0.6 is 0 Å². The fraction of sp³-hybridized carbons (Fsp3) is 0.429. The van der Waals surface area contributed by atoms with Crippen LogP contribution < -0.4 is 24.8 Å². The molecule has 1 heterocycles. The van der Waals surface area contributed by atoms with Gasteiger partial charge >= 0.3 is 0 Å². The lowest BCUT2D eigenvalue weighted by Crippen LogP contribution is -2.37. The molecule has 114 valence electrons. The number of nitrogens with one attached hydrogen (secondary N) is 2. The first-order valence-electron chi connectivity index (χ1n) is 6.49. The average molecular weight is 294 g/mol. The fourth-order valence-electron chi connectivity index (χ4n) is 2.19. The summed E-state index contributed by atoms with van der Waals surface area (Å²) in [7, 11) is 4.51. The van der Waals surface area contributed by atoms with Gasteiger partial charge in [-0.2, -0.15) is 0 Å². The predicted molar refractivity (Wildman–Crippen MR) is 75.9 cm³/mol. The van der Waals surface area contributed by atoms with Crippen LogP contribution in [0.15, 0.2) is 12.1 Å². The van der Waals surface area contributed by atoms with E-state index in [0.717, 1.165) is 0 Å². The van der Waals surface area contributed by atoms with Crippen LogP contribution in [0.3, 0.4) is 0 Å². The second-order valence-corrected chi connectivity index (χ2v) is 4.56. The summed E-state index contributed by atoms with van der Waals surface area (Å²) in [6, 6.07) is 2.77. The van der Waals surface area contributed by atoms with Gasteiger partial charge in [0, 0.05) is 24.2 Å². The number of rotatable bonds is 5. The summed E-state index contributed by atoms with van der Waals surface area (Å²) < 4.78 is 15.6. The molecular weight excluding hydrogens is 276 g/mol. The van der Waals surface area contributed by atoms with Crippen molar-refractivity contribution in [3.05, 3.63) is 12.1 Å². The first kappa shape index (κ1) is 15.0. The summed E-state index contributed by atoms with van der Waals surface area (Å²) in [5.74, 6) is 0.965. The van der Waals surface area contributed by atoms with E-state index in [0.29, 0.717) is 35.8 Å². The maximum Gasteiger partial charge on any atom is 0.246 e. The molecule has 2 amide bonds. The number of hydrogen-bond acceptors (Lipinski definition) is 5. The Hall–Kier alpha value is -2.44. The van der Waals surface area contributed by atoms with Crippen molar-refractivity contribution < 1.29 is 23.8 Å². The number of amides is 2. The van der Waals surface area contributed by atoms with Crippen molar-refractivity contribution in [1.82, 2.24) is 5.32 Å². The smallest absolute Gasteiger partial charge is 0.246 e. The van der Waals surface area contributed by atoms with Crippen LogP contribution in [0.1, 0.15) is 12.8 Å². The van der Waals surface area contributed by atoms with Crippen LogP contribution in [-0.2, 0) is 9.59 Å². The van der Waals surface area contributed by atoms with E-state index in [-0.39, 0.29) is 11.8 Å². The van der Waals surface area contributed by atoms with Gasteiger partial charge in [0.1, 0.15) is 6.04 Å². The maximum atomic E-state index is 12.1. The Kier molecular flexibility index (Phi) is 4.52. The van der Waals surface area contributed by atoms with Crippen molar-refractivity contribution in [2.75, 3.05) is 26.6 Å². The standard InChI is InChI=1S/C14H18N2O5/c1-19-10-6-8(7-11(20-2)13(10)21-3)15-14(18)9-4-5-12(17)16-9/h6-7,9H,4-5H2,1-3H3,(H,15,18)(H,16,17). The van der Waals surface area contributed by atoms with Gasteiger partial charge < -0.3 is 24.8 Å². The number of hydrogen-bond donors (Lipinski definition) is 2. The molecule has 7 heteroatoms. The number of carbonyl (C=O) groups excluding carboxylic acids is 2. The molecule has 1 saturated heterocycles. The first-order chi connectivity index (χ1) is 10.1. The van der Waals surface area contributed by atoms with Crippen molar-refractivity contribution in [2.24, 2.45) is 0 Å². The lowest BCUT2D eigenvalue weighted by atomic mass is 10.2. The van der Waals surface area contributed by atoms with Gasteiger partial charge in [0.05, 0.1) is 21.3 Å². The monoisotopic (exact) mass is 294 g/mol. The van der Waals surface area contributed by atoms with E-state index < -0.39 is 6.04 Å². The summed E-state index contributed by atoms with van der Waals surface area (Å²) >= 11 is 0.